The molecule has 1 aromatic heterocycles. The monoisotopic (exact) mass is 425 g/mol. The summed E-state index contributed by atoms with van der Waals surface area (Å²) in [7, 11) is 1.52. The van der Waals surface area contributed by atoms with Crippen LogP contribution in [0.5, 0.6) is 11.6 Å². The molecule has 0 saturated carbocycles. The minimum absolute atomic E-state index is 0.0195. The third-order valence-electron chi connectivity index (χ3n) is 4.45. The van der Waals surface area contributed by atoms with Crippen LogP contribution in [0.15, 0.2) is 30.3 Å². The normalized spacial score (nSPS) is 12.6. The van der Waals surface area contributed by atoms with Crippen LogP contribution in [0.3, 0.4) is 0 Å². The molecule has 2 rings (SSSR count). The molecule has 30 heavy (non-hydrogen) atoms. The Balaban J connectivity index is 2.16. The van der Waals surface area contributed by atoms with Crippen LogP contribution < -0.4 is 20.5 Å². The number of alkyl halides is 3. The Morgan fingerprint density at radius 1 is 1.17 bits per heavy atom. The second-order valence-corrected chi connectivity index (χ2v) is 7.04. The van der Waals surface area contributed by atoms with Gasteiger partial charge in [-0.15, -0.1) is 0 Å². The Morgan fingerprint density at radius 3 is 2.40 bits per heavy atom. The van der Waals surface area contributed by atoms with Crippen molar-refractivity contribution in [2.45, 2.75) is 52.1 Å². The Bertz CT molecular complexity index is 886. The molecule has 2 aromatic rings. The molecule has 164 valence electrons. The Hall–Kier alpha value is -2.81. The van der Waals surface area contributed by atoms with Crippen molar-refractivity contribution in [3.63, 3.8) is 0 Å². The highest BCUT2D eigenvalue weighted by Crippen LogP contribution is 2.31. The number of methoxy groups -OCH3 is 1. The molecule has 1 amide bonds. The number of pyridine rings is 1. The number of nitrogens with two attached hydrogens (primary N) is 1. The number of ether oxygens (including phenoxy) is 2. The van der Waals surface area contributed by atoms with E-state index in [9.17, 15) is 18.0 Å². The average Bonchev–Trinajstić information content (AvgIpc) is 2.70. The molecule has 9 heteroatoms. The molecule has 1 unspecified atom stereocenters. The van der Waals surface area contributed by atoms with Gasteiger partial charge in [0.2, 0.25) is 11.8 Å². The zero-order chi connectivity index (χ0) is 22.5. The van der Waals surface area contributed by atoms with Gasteiger partial charge in [0.25, 0.3) is 0 Å². The molecule has 0 spiro atoms. The summed E-state index contributed by atoms with van der Waals surface area (Å²) in [6.45, 7) is 5.39. The van der Waals surface area contributed by atoms with Crippen LogP contribution in [0.1, 0.15) is 49.1 Å². The summed E-state index contributed by atoms with van der Waals surface area (Å²) < 4.78 is 49.6. The number of nitrogens with one attached hydrogen (secondary N) is 1. The van der Waals surface area contributed by atoms with Gasteiger partial charge in [0.15, 0.2) is 0 Å². The molecule has 3 N–H and O–H groups in total. The predicted molar refractivity (Wildman–Crippen MR) is 106 cm³/mol. The highest BCUT2D eigenvalue weighted by atomic mass is 19.4. The maximum atomic E-state index is 13.0. The van der Waals surface area contributed by atoms with Crippen molar-refractivity contribution >= 4 is 5.91 Å². The first-order valence-corrected chi connectivity index (χ1v) is 9.45. The first kappa shape index (κ1) is 23.5. The van der Waals surface area contributed by atoms with Gasteiger partial charge in [0, 0.05) is 24.2 Å². The van der Waals surface area contributed by atoms with Gasteiger partial charge in [-0.1, -0.05) is 12.1 Å². The van der Waals surface area contributed by atoms with Gasteiger partial charge in [-0.2, -0.15) is 13.2 Å². The molecular formula is C21H26F3N3O3. The van der Waals surface area contributed by atoms with E-state index in [1.165, 1.54) is 13.2 Å². The smallest absolute Gasteiger partial charge is 0.433 e. The number of nitrogens with zero attached hydrogens (tertiary/aromatic N) is 1. The number of aromatic nitrogens is 1. The number of hydrogen-bond donors (Lipinski definition) is 2. The number of halogens is 3. The van der Waals surface area contributed by atoms with Gasteiger partial charge in [-0.3, -0.25) is 4.79 Å². The molecule has 1 atom stereocenters. The van der Waals surface area contributed by atoms with Crippen molar-refractivity contribution in [3.05, 3.63) is 52.7 Å². The SMILES string of the molecule is COc1cc(C(C)C(=O)NCc2ccc(C(F)(F)F)nc2OC(C)C)ccc1CN. The van der Waals surface area contributed by atoms with Gasteiger partial charge < -0.3 is 20.5 Å². The molecule has 0 radical (unpaired) electrons. The summed E-state index contributed by atoms with van der Waals surface area (Å²) in [6, 6.07) is 7.47. The summed E-state index contributed by atoms with van der Waals surface area (Å²) in [5.41, 5.74) is 6.52. The minimum atomic E-state index is -4.58. The Morgan fingerprint density at radius 2 is 1.83 bits per heavy atom. The van der Waals surface area contributed by atoms with E-state index in [0.29, 0.717) is 17.9 Å². The molecule has 0 aliphatic heterocycles. The third-order valence-corrected chi connectivity index (χ3v) is 4.45. The van der Waals surface area contributed by atoms with Crippen LogP contribution in [0.25, 0.3) is 0 Å². The number of carbonyl (C=O) groups is 1. The van der Waals surface area contributed by atoms with E-state index in [4.69, 9.17) is 15.2 Å². The fraction of sp³-hybridized carbons (Fsp3) is 0.429. The number of benzene rings is 1. The second kappa shape index (κ2) is 9.80. The van der Waals surface area contributed by atoms with Crippen molar-refractivity contribution in [1.29, 1.82) is 0 Å². The summed E-state index contributed by atoms with van der Waals surface area (Å²) in [5.74, 6) is -0.369. The van der Waals surface area contributed by atoms with Crippen molar-refractivity contribution < 1.29 is 27.4 Å². The van der Waals surface area contributed by atoms with Crippen LogP contribution in [-0.2, 0) is 24.1 Å². The highest BCUT2D eigenvalue weighted by Gasteiger charge is 2.33. The lowest BCUT2D eigenvalue weighted by molar-refractivity contribution is -0.141. The Labute approximate surface area is 173 Å². The lowest BCUT2D eigenvalue weighted by Crippen LogP contribution is -2.28. The zero-order valence-corrected chi connectivity index (χ0v) is 17.3. The molecule has 1 heterocycles. The number of rotatable bonds is 8. The fourth-order valence-electron chi connectivity index (χ4n) is 2.77. The molecular weight excluding hydrogens is 399 g/mol. The maximum absolute atomic E-state index is 13.0. The topological polar surface area (TPSA) is 86.5 Å². The zero-order valence-electron chi connectivity index (χ0n) is 17.3. The van der Waals surface area contributed by atoms with Gasteiger partial charge in [0.1, 0.15) is 11.4 Å². The minimum Gasteiger partial charge on any atom is -0.496 e. The van der Waals surface area contributed by atoms with E-state index in [1.54, 1.807) is 39.0 Å². The summed E-state index contributed by atoms with van der Waals surface area (Å²) in [5, 5.41) is 2.73. The van der Waals surface area contributed by atoms with Crippen LogP contribution in [0, 0.1) is 0 Å². The first-order chi connectivity index (χ1) is 14.1. The van der Waals surface area contributed by atoms with E-state index in [2.05, 4.69) is 10.3 Å². The first-order valence-electron chi connectivity index (χ1n) is 9.45. The number of hydrogen-bond acceptors (Lipinski definition) is 5. The maximum Gasteiger partial charge on any atom is 0.433 e. The number of carbonyl (C=O) groups excluding carboxylic acids is 1. The van der Waals surface area contributed by atoms with Crippen molar-refractivity contribution in [2.24, 2.45) is 5.73 Å². The average molecular weight is 425 g/mol. The van der Waals surface area contributed by atoms with Crippen molar-refractivity contribution in [3.8, 4) is 11.6 Å². The van der Waals surface area contributed by atoms with Gasteiger partial charge >= 0.3 is 6.18 Å². The van der Waals surface area contributed by atoms with Crippen LogP contribution in [-0.4, -0.2) is 24.1 Å². The molecule has 0 fully saturated rings. The molecule has 6 nitrogen and oxygen atoms in total. The van der Waals surface area contributed by atoms with E-state index in [0.717, 1.165) is 17.2 Å². The number of amides is 1. The quantitative estimate of drug-likeness (QED) is 0.672. The Kier molecular flexibility index (Phi) is 7.66. The molecule has 0 bridgehead atoms. The van der Waals surface area contributed by atoms with Crippen LogP contribution >= 0.6 is 0 Å². The van der Waals surface area contributed by atoms with Gasteiger partial charge in [-0.25, -0.2) is 4.98 Å². The van der Waals surface area contributed by atoms with Crippen molar-refractivity contribution in [1.82, 2.24) is 10.3 Å². The van der Waals surface area contributed by atoms with E-state index in [1.807, 2.05) is 0 Å². The molecule has 1 aromatic carbocycles. The van der Waals surface area contributed by atoms with Crippen molar-refractivity contribution in [2.75, 3.05) is 7.11 Å². The van der Waals surface area contributed by atoms with E-state index < -0.39 is 17.8 Å². The molecule has 0 aliphatic carbocycles. The lowest BCUT2D eigenvalue weighted by atomic mass is 9.98. The largest absolute Gasteiger partial charge is 0.496 e. The third kappa shape index (κ3) is 5.85. The second-order valence-electron chi connectivity index (χ2n) is 7.04. The van der Waals surface area contributed by atoms with E-state index in [-0.39, 0.29) is 24.4 Å². The van der Waals surface area contributed by atoms with Gasteiger partial charge in [-0.05, 0) is 44.5 Å². The van der Waals surface area contributed by atoms with E-state index >= 15 is 0 Å². The van der Waals surface area contributed by atoms with Crippen LogP contribution in [0.2, 0.25) is 0 Å². The highest BCUT2D eigenvalue weighted by molar-refractivity contribution is 5.83. The lowest BCUT2D eigenvalue weighted by Gasteiger charge is -2.18. The molecule has 0 saturated heterocycles. The fourth-order valence-corrected chi connectivity index (χ4v) is 2.77. The molecule has 0 aliphatic rings. The summed E-state index contributed by atoms with van der Waals surface area (Å²) in [6.07, 6.45) is -4.96. The summed E-state index contributed by atoms with van der Waals surface area (Å²) >= 11 is 0. The standard InChI is InChI=1S/C21H26F3N3O3/c1-12(2)30-20-16(7-8-18(27-20)21(22,23)24)11-26-19(28)13(3)14-5-6-15(10-25)17(9-14)29-4/h5-9,12-13H,10-11,25H2,1-4H3,(H,26,28). The summed E-state index contributed by atoms with van der Waals surface area (Å²) in [4.78, 5) is 16.2. The van der Waals surface area contributed by atoms with Crippen LogP contribution in [0.4, 0.5) is 13.2 Å². The predicted octanol–water partition coefficient (Wildman–Crippen LogP) is 3.77. The van der Waals surface area contributed by atoms with Gasteiger partial charge in [0.05, 0.1) is 19.1 Å².